The van der Waals surface area contributed by atoms with Gasteiger partial charge in [0.1, 0.15) is 0 Å². The fourth-order valence-electron chi connectivity index (χ4n) is 2.71. The molecule has 4 nitrogen and oxygen atoms in total. The highest BCUT2D eigenvalue weighted by Crippen LogP contribution is 2.11. The highest BCUT2D eigenvalue weighted by atomic mass is 16.2. The monoisotopic (exact) mass is 239 g/mol. The van der Waals surface area contributed by atoms with Gasteiger partial charge < -0.3 is 15.5 Å². The first-order valence-corrected chi connectivity index (χ1v) is 6.98. The molecule has 2 aliphatic rings. The number of hydrogen-bond acceptors (Lipinski definition) is 3. The summed E-state index contributed by atoms with van der Waals surface area (Å²) >= 11 is 0. The van der Waals surface area contributed by atoms with Crippen LogP contribution in [0.2, 0.25) is 0 Å². The van der Waals surface area contributed by atoms with E-state index in [1.54, 1.807) is 0 Å². The summed E-state index contributed by atoms with van der Waals surface area (Å²) < 4.78 is 0. The van der Waals surface area contributed by atoms with Gasteiger partial charge in [0.25, 0.3) is 0 Å². The van der Waals surface area contributed by atoms with Crippen LogP contribution in [0, 0.1) is 0 Å². The van der Waals surface area contributed by atoms with Crippen molar-refractivity contribution in [2.24, 2.45) is 0 Å². The van der Waals surface area contributed by atoms with E-state index < -0.39 is 0 Å². The Morgan fingerprint density at radius 3 is 2.71 bits per heavy atom. The van der Waals surface area contributed by atoms with Gasteiger partial charge in [-0.2, -0.15) is 0 Å². The van der Waals surface area contributed by atoms with Crippen molar-refractivity contribution in [3.63, 3.8) is 0 Å². The zero-order chi connectivity index (χ0) is 12.1. The molecule has 2 saturated heterocycles. The van der Waals surface area contributed by atoms with Gasteiger partial charge in [-0.05, 0) is 52.4 Å². The number of nitrogens with one attached hydrogen (secondary N) is 2. The van der Waals surface area contributed by atoms with Crippen LogP contribution in [-0.4, -0.2) is 49.6 Å². The van der Waals surface area contributed by atoms with Crippen LogP contribution in [0.5, 0.6) is 0 Å². The Kier molecular flexibility index (Phi) is 4.80. The predicted octanol–water partition coefficient (Wildman–Crippen LogP) is 0.729. The summed E-state index contributed by atoms with van der Waals surface area (Å²) in [5.74, 6) is 0.224. The first-order valence-electron chi connectivity index (χ1n) is 6.98. The number of carbonyl (C=O) groups is 1. The number of piperidine rings is 1. The van der Waals surface area contributed by atoms with Crippen molar-refractivity contribution >= 4 is 5.91 Å². The van der Waals surface area contributed by atoms with E-state index in [0.717, 1.165) is 38.9 Å². The molecule has 2 fully saturated rings. The van der Waals surface area contributed by atoms with Crippen LogP contribution in [0.4, 0.5) is 0 Å². The molecule has 1 amide bonds. The topological polar surface area (TPSA) is 44.4 Å². The Morgan fingerprint density at radius 2 is 1.94 bits per heavy atom. The Hall–Kier alpha value is -0.610. The quantitative estimate of drug-likeness (QED) is 0.746. The molecule has 2 rings (SSSR count). The molecule has 2 aliphatic heterocycles. The third-order valence-electron chi connectivity index (χ3n) is 3.94. The van der Waals surface area contributed by atoms with E-state index in [0.29, 0.717) is 6.04 Å². The molecule has 0 spiro atoms. The van der Waals surface area contributed by atoms with Gasteiger partial charge in [-0.1, -0.05) is 12.8 Å². The summed E-state index contributed by atoms with van der Waals surface area (Å²) in [7, 11) is 2.14. The molecular weight excluding hydrogens is 214 g/mol. The van der Waals surface area contributed by atoms with Gasteiger partial charge in [0, 0.05) is 6.04 Å². The molecule has 0 aromatic heterocycles. The van der Waals surface area contributed by atoms with Crippen molar-refractivity contribution in [3.8, 4) is 0 Å². The van der Waals surface area contributed by atoms with Crippen molar-refractivity contribution in [2.75, 3.05) is 26.7 Å². The molecule has 2 N–H and O–H groups in total. The highest BCUT2D eigenvalue weighted by molar-refractivity contribution is 5.82. The number of likely N-dealkylation sites (tertiary alicyclic amines) is 1. The second kappa shape index (κ2) is 6.36. The van der Waals surface area contributed by atoms with E-state index in [9.17, 15) is 4.79 Å². The van der Waals surface area contributed by atoms with Crippen molar-refractivity contribution in [1.82, 2.24) is 15.5 Å². The molecule has 0 bridgehead atoms. The molecule has 4 heteroatoms. The number of carbonyl (C=O) groups excluding carboxylic acids is 1. The van der Waals surface area contributed by atoms with Crippen LogP contribution in [0.15, 0.2) is 0 Å². The molecule has 0 saturated carbocycles. The molecule has 0 aromatic rings. The molecule has 98 valence electrons. The summed E-state index contributed by atoms with van der Waals surface area (Å²) in [6, 6.07) is 0.445. The lowest BCUT2D eigenvalue weighted by atomic mass is 10.0. The molecule has 1 atom stereocenters. The lowest BCUT2D eigenvalue weighted by Gasteiger charge is -2.30. The standard InChI is InChI=1S/C13H25N3O/c1-16-9-6-11(7-10-16)15-13(17)12-5-3-2-4-8-14-12/h11-12,14H,2-10H2,1H3,(H,15,17). The van der Waals surface area contributed by atoms with E-state index in [1.165, 1.54) is 19.3 Å². The first kappa shape index (κ1) is 12.8. The summed E-state index contributed by atoms with van der Waals surface area (Å²) in [5.41, 5.74) is 0. The highest BCUT2D eigenvalue weighted by Gasteiger charge is 2.23. The first-order chi connectivity index (χ1) is 8.25. The Morgan fingerprint density at radius 1 is 1.18 bits per heavy atom. The second-order valence-corrected chi connectivity index (χ2v) is 5.44. The van der Waals surface area contributed by atoms with E-state index in [2.05, 4.69) is 22.6 Å². The molecule has 1 unspecified atom stereocenters. The van der Waals surface area contributed by atoms with Gasteiger partial charge >= 0.3 is 0 Å². The zero-order valence-electron chi connectivity index (χ0n) is 10.9. The molecule has 17 heavy (non-hydrogen) atoms. The third-order valence-corrected chi connectivity index (χ3v) is 3.94. The summed E-state index contributed by atoms with van der Waals surface area (Å²) in [5, 5.41) is 6.57. The predicted molar refractivity (Wildman–Crippen MR) is 68.9 cm³/mol. The van der Waals surface area contributed by atoms with Crippen LogP contribution in [-0.2, 0) is 4.79 Å². The Labute approximate surface area is 104 Å². The van der Waals surface area contributed by atoms with E-state index in [4.69, 9.17) is 0 Å². The van der Waals surface area contributed by atoms with Gasteiger partial charge in [-0.25, -0.2) is 0 Å². The normalized spacial score (nSPS) is 28.6. The smallest absolute Gasteiger partial charge is 0.237 e. The summed E-state index contributed by atoms with van der Waals surface area (Å²) in [6.07, 6.45) is 6.82. The number of nitrogens with zero attached hydrogens (tertiary/aromatic N) is 1. The minimum atomic E-state index is 0.0529. The summed E-state index contributed by atoms with van der Waals surface area (Å²) in [6.45, 7) is 3.19. The number of hydrogen-bond donors (Lipinski definition) is 2. The average molecular weight is 239 g/mol. The molecule has 0 aliphatic carbocycles. The van der Waals surface area contributed by atoms with E-state index in [-0.39, 0.29) is 11.9 Å². The van der Waals surface area contributed by atoms with Gasteiger partial charge in [0.05, 0.1) is 6.04 Å². The summed E-state index contributed by atoms with van der Waals surface area (Å²) in [4.78, 5) is 14.4. The van der Waals surface area contributed by atoms with E-state index >= 15 is 0 Å². The van der Waals surface area contributed by atoms with Crippen LogP contribution in [0.3, 0.4) is 0 Å². The Balaban J connectivity index is 1.75. The van der Waals surface area contributed by atoms with Gasteiger partial charge in [-0.3, -0.25) is 4.79 Å². The fourth-order valence-corrected chi connectivity index (χ4v) is 2.71. The molecular formula is C13H25N3O. The van der Waals surface area contributed by atoms with Crippen molar-refractivity contribution in [1.29, 1.82) is 0 Å². The minimum absolute atomic E-state index is 0.0529. The molecule has 0 radical (unpaired) electrons. The third kappa shape index (κ3) is 3.96. The maximum absolute atomic E-state index is 12.1. The maximum Gasteiger partial charge on any atom is 0.237 e. The van der Waals surface area contributed by atoms with Crippen LogP contribution < -0.4 is 10.6 Å². The van der Waals surface area contributed by atoms with Crippen molar-refractivity contribution in [2.45, 2.75) is 50.6 Å². The van der Waals surface area contributed by atoms with Crippen LogP contribution >= 0.6 is 0 Å². The average Bonchev–Trinajstić information content (AvgIpc) is 2.61. The van der Waals surface area contributed by atoms with Gasteiger partial charge in [0.2, 0.25) is 5.91 Å². The zero-order valence-corrected chi connectivity index (χ0v) is 10.9. The minimum Gasteiger partial charge on any atom is -0.352 e. The van der Waals surface area contributed by atoms with Gasteiger partial charge in [0.15, 0.2) is 0 Å². The number of rotatable bonds is 2. The van der Waals surface area contributed by atoms with Crippen LogP contribution in [0.1, 0.15) is 38.5 Å². The maximum atomic E-state index is 12.1. The fraction of sp³-hybridized carbons (Fsp3) is 0.923. The lowest BCUT2D eigenvalue weighted by Crippen LogP contribution is -2.50. The largest absolute Gasteiger partial charge is 0.352 e. The van der Waals surface area contributed by atoms with Gasteiger partial charge in [-0.15, -0.1) is 0 Å². The lowest BCUT2D eigenvalue weighted by molar-refractivity contribution is -0.124. The molecule has 0 aromatic carbocycles. The van der Waals surface area contributed by atoms with Crippen molar-refractivity contribution in [3.05, 3.63) is 0 Å². The SMILES string of the molecule is CN1CCC(NC(=O)C2CCCCCN2)CC1. The second-order valence-electron chi connectivity index (χ2n) is 5.44. The van der Waals surface area contributed by atoms with Crippen molar-refractivity contribution < 1.29 is 4.79 Å². The van der Waals surface area contributed by atoms with E-state index in [1.807, 2.05) is 0 Å². The van der Waals surface area contributed by atoms with Crippen LogP contribution in [0.25, 0.3) is 0 Å². The Bertz CT molecular complexity index is 241. The number of amides is 1. The molecule has 2 heterocycles.